The van der Waals surface area contributed by atoms with E-state index in [4.69, 9.17) is 0 Å². The maximum Gasteiger partial charge on any atom is 0.276 e. The molecule has 1 aliphatic heterocycles. The standard InChI is InChI=1S/C19H24N8O/c1-14(15-3-5-16(6-4-15)27-13-21-12-22-27)25(2)19(28)18-11-26(24-23-18)17-7-9-20-10-8-17/h3-6,11-14,17,20H,7-10H2,1-2H3. The predicted octanol–water partition coefficient (Wildman–Crippen LogP) is 1.62. The van der Waals surface area contributed by atoms with Crippen molar-refractivity contribution >= 4 is 5.91 Å². The molecular weight excluding hydrogens is 356 g/mol. The third-order valence-electron chi connectivity index (χ3n) is 5.37. The van der Waals surface area contributed by atoms with Gasteiger partial charge in [0.25, 0.3) is 5.91 Å². The fraction of sp³-hybridized carbons (Fsp3) is 0.421. The van der Waals surface area contributed by atoms with E-state index < -0.39 is 0 Å². The number of carbonyl (C=O) groups is 1. The number of nitrogens with one attached hydrogen (secondary N) is 1. The number of nitrogens with zero attached hydrogens (tertiary/aromatic N) is 7. The molecule has 146 valence electrons. The highest BCUT2D eigenvalue weighted by Crippen LogP contribution is 2.22. The Hall–Kier alpha value is -3.07. The van der Waals surface area contributed by atoms with Gasteiger partial charge in [-0.2, -0.15) is 5.10 Å². The summed E-state index contributed by atoms with van der Waals surface area (Å²) in [7, 11) is 1.79. The summed E-state index contributed by atoms with van der Waals surface area (Å²) in [5.74, 6) is -0.131. The van der Waals surface area contributed by atoms with E-state index in [9.17, 15) is 4.79 Å². The molecule has 9 nitrogen and oxygen atoms in total. The van der Waals surface area contributed by atoms with E-state index >= 15 is 0 Å². The monoisotopic (exact) mass is 380 g/mol. The van der Waals surface area contributed by atoms with Gasteiger partial charge in [-0.05, 0) is 50.6 Å². The molecule has 1 saturated heterocycles. The predicted molar refractivity (Wildman–Crippen MR) is 103 cm³/mol. The van der Waals surface area contributed by atoms with Crippen molar-refractivity contribution in [1.82, 2.24) is 40.0 Å². The molecule has 1 N–H and O–H groups in total. The first-order valence-corrected chi connectivity index (χ1v) is 9.48. The van der Waals surface area contributed by atoms with Crippen molar-refractivity contribution in [2.24, 2.45) is 0 Å². The lowest BCUT2D eigenvalue weighted by molar-refractivity contribution is 0.0736. The van der Waals surface area contributed by atoms with E-state index in [0.29, 0.717) is 11.7 Å². The smallest absolute Gasteiger partial charge is 0.276 e. The molecule has 4 rings (SSSR count). The summed E-state index contributed by atoms with van der Waals surface area (Å²) in [6, 6.07) is 8.14. The molecule has 1 atom stereocenters. The number of carbonyl (C=O) groups excluding carboxylic acids is 1. The molecule has 1 fully saturated rings. The van der Waals surface area contributed by atoms with Gasteiger partial charge in [0, 0.05) is 7.05 Å². The van der Waals surface area contributed by atoms with Crippen LogP contribution in [0.15, 0.2) is 43.1 Å². The summed E-state index contributed by atoms with van der Waals surface area (Å²) in [6.45, 7) is 3.93. The van der Waals surface area contributed by atoms with Gasteiger partial charge in [-0.25, -0.2) is 14.3 Å². The molecule has 28 heavy (non-hydrogen) atoms. The average Bonchev–Trinajstić information content (AvgIpc) is 3.45. The Labute approximate surface area is 163 Å². The molecule has 1 aromatic carbocycles. The third-order valence-corrected chi connectivity index (χ3v) is 5.37. The number of hydrogen-bond acceptors (Lipinski definition) is 6. The van der Waals surface area contributed by atoms with Crippen molar-refractivity contribution in [2.45, 2.75) is 31.8 Å². The Morgan fingerprint density at radius 1 is 1.25 bits per heavy atom. The van der Waals surface area contributed by atoms with Crippen molar-refractivity contribution in [3.8, 4) is 5.69 Å². The van der Waals surface area contributed by atoms with Gasteiger partial charge in [0.05, 0.1) is 24.0 Å². The van der Waals surface area contributed by atoms with Crippen LogP contribution in [0, 0.1) is 0 Å². The van der Waals surface area contributed by atoms with E-state index in [2.05, 4.69) is 25.7 Å². The first-order chi connectivity index (χ1) is 13.6. The molecule has 0 saturated carbocycles. The summed E-state index contributed by atoms with van der Waals surface area (Å²) in [5.41, 5.74) is 2.34. The van der Waals surface area contributed by atoms with E-state index in [0.717, 1.165) is 37.2 Å². The minimum Gasteiger partial charge on any atom is -0.334 e. The van der Waals surface area contributed by atoms with Crippen LogP contribution in [0.25, 0.3) is 5.69 Å². The Morgan fingerprint density at radius 2 is 2.00 bits per heavy atom. The molecule has 1 amide bonds. The molecule has 2 aromatic heterocycles. The quantitative estimate of drug-likeness (QED) is 0.723. The Kier molecular flexibility index (Phi) is 5.16. The van der Waals surface area contributed by atoms with E-state index in [1.54, 1.807) is 29.2 Å². The molecule has 3 heterocycles. The first-order valence-electron chi connectivity index (χ1n) is 9.48. The number of amides is 1. The maximum atomic E-state index is 12.9. The molecule has 1 aliphatic rings. The van der Waals surface area contributed by atoms with Crippen LogP contribution in [-0.4, -0.2) is 60.7 Å². The second kappa shape index (κ2) is 7.89. The minimum atomic E-state index is -0.131. The Balaban J connectivity index is 1.45. The summed E-state index contributed by atoms with van der Waals surface area (Å²) < 4.78 is 3.53. The van der Waals surface area contributed by atoms with Gasteiger partial charge in [-0.1, -0.05) is 17.3 Å². The van der Waals surface area contributed by atoms with Crippen LogP contribution in [0.5, 0.6) is 0 Å². The molecule has 0 bridgehead atoms. The van der Waals surface area contributed by atoms with Crippen LogP contribution in [0.1, 0.15) is 47.9 Å². The topological polar surface area (TPSA) is 93.8 Å². The van der Waals surface area contributed by atoms with E-state index in [1.165, 1.54) is 6.33 Å². The van der Waals surface area contributed by atoms with E-state index in [1.807, 2.05) is 35.9 Å². The summed E-state index contributed by atoms with van der Waals surface area (Å²) in [6.07, 6.45) is 6.93. The van der Waals surface area contributed by atoms with Crippen LogP contribution < -0.4 is 5.32 Å². The van der Waals surface area contributed by atoms with Crippen LogP contribution >= 0.6 is 0 Å². The number of piperidine rings is 1. The van der Waals surface area contributed by atoms with Gasteiger partial charge in [0.1, 0.15) is 12.7 Å². The fourth-order valence-electron chi connectivity index (χ4n) is 3.45. The van der Waals surface area contributed by atoms with Crippen molar-refractivity contribution < 1.29 is 4.79 Å². The Bertz CT molecular complexity index is 912. The van der Waals surface area contributed by atoms with Crippen LogP contribution in [0.2, 0.25) is 0 Å². The highest BCUT2D eigenvalue weighted by atomic mass is 16.2. The highest BCUT2D eigenvalue weighted by molar-refractivity contribution is 5.92. The molecule has 0 radical (unpaired) electrons. The van der Waals surface area contributed by atoms with Crippen LogP contribution in [0.4, 0.5) is 0 Å². The zero-order valence-corrected chi connectivity index (χ0v) is 16.1. The fourth-order valence-corrected chi connectivity index (χ4v) is 3.45. The minimum absolute atomic E-state index is 0.0960. The highest BCUT2D eigenvalue weighted by Gasteiger charge is 2.23. The second-order valence-corrected chi connectivity index (χ2v) is 7.09. The average molecular weight is 380 g/mol. The largest absolute Gasteiger partial charge is 0.334 e. The number of aromatic nitrogens is 6. The lowest BCUT2D eigenvalue weighted by atomic mass is 10.1. The van der Waals surface area contributed by atoms with Crippen molar-refractivity contribution in [3.63, 3.8) is 0 Å². The normalized spacial score (nSPS) is 16.1. The van der Waals surface area contributed by atoms with Crippen molar-refractivity contribution in [1.29, 1.82) is 0 Å². The van der Waals surface area contributed by atoms with Gasteiger partial charge in [0.15, 0.2) is 5.69 Å². The third kappa shape index (κ3) is 3.65. The van der Waals surface area contributed by atoms with Crippen LogP contribution in [-0.2, 0) is 0 Å². The van der Waals surface area contributed by atoms with Crippen LogP contribution in [0.3, 0.4) is 0 Å². The molecular formula is C19H24N8O. The van der Waals surface area contributed by atoms with Gasteiger partial charge >= 0.3 is 0 Å². The van der Waals surface area contributed by atoms with Gasteiger partial charge in [-0.15, -0.1) is 5.10 Å². The lowest BCUT2D eigenvalue weighted by Gasteiger charge is -2.25. The lowest BCUT2D eigenvalue weighted by Crippen LogP contribution is -2.30. The maximum absolute atomic E-state index is 12.9. The van der Waals surface area contributed by atoms with Gasteiger partial charge in [-0.3, -0.25) is 4.79 Å². The summed E-state index contributed by atoms with van der Waals surface area (Å²) in [4.78, 5) is 18.5. The second-order valence-electron chi connectivity index (χ2n) is 7.09. The first kappa shape index (κ1) is 18.3. The van der Waals surface area contributed by atoms with Crippen molar-refractivity contribution in [2.75, 3.05) is 20.1 Å². The molecule has 1 unspecified atom stereocenters. The van der Waals surface area contributed by atoms with Gasteiger partial charge in [0.2, 0.25) is 0 Å². The number of benzene rings is 1. The van der Waals surface area contributed by atoms with E-state index in [-0.39, 0.29) is 11.9 Å². The molecule has 0 spiro atoms. The van der Waals surface area contributed by atoms with Crippen molar-refractivity contribution in [3.05, 3.63) is 54.4 Å². The van der Waals surface area contributed by atoms with Gasteiger partial charge < -0.3 is 10.2 Å². The molecule has 3 aromatic rings. The summed E-state index contributed by atoms with van der Waals surface area (Å²) in [5, 5.41) is 15.8. The zero-order valence-electron chi connectivity index (χ0n) is 16.1. The Morgan fingerprint density at radius 3 is 2.68 bits per heavy atom. The number of hydrogen-bond donors (Lipinski definition) is 1. The number of rotatable bonds is 5. The molecule has 0 aliphatic carbocycles. The molecule has 9 heteroatoms. The zero-order chi connectivity index (χ0) is 19.5. The summed E-state index contributed by atoms with van der Waals surface area (Å²) >= 11 is 0. The SMILES string of the molecule is CC(c1ccc(-n2cncn2)cc1)N(C)C(=O)c1cn(C2CCNCC2)nn1.